The van der Waals surface area contributed by atoms with E-state index < -0.39 is 0 Å². The first kappa shape index (κ1) is 10.2. The summed E-state index contributed by atoms with van der Waals surface area (Å²) in [6, 6.07) is 0. The third kappa shape index (κ3) is 2.29. The number of ether oxygens (including phenoxy) is 1. The standard InChI is InChI=1S/C8H11ClN2O2/c1-6(12)8-7(9)5-10-11(8)3-4-13-2/h5H,3-4H2,1-2H3. The van der Waals surface area contributed by atoms with Crippen molar-refractivity contribution >= 4 is 17.4 Å². The van der Waals surface area contributed by atoms with Crippen LogP contribution in [0.2, 0.25) is 5.02 Å². The Morgan fingerprint density at radius 1 is 1.77 bits per heavy atom. The summed E-state index contributed by atoms with van der Waals surface area (Å²) in [6.07, 6.45) is 1.47. The van der Waals surface area contributed by atoms with Crippen molar-refractivity contribution in [1.29, 1.82) is 0 Å². The Morgan fingerprint density at radius 2 is 2.46 bits per heavy atom. The van der Waals surface area contributed by atoms with Crippen LogP contribution in [0.5, 0.6) is 0 Å². The van der Waals surface area contributed by atoms with Gasteiger partial charge in [-0.1, -0.05) is 11.6 Å². The summed E-state index contributed by atoms with van der Waals surface area (Å²) in [6.45, 7) is 2.52. The second-order valence-electron chi connectivity index (χ2n) is 2.61. The molecule has 0 amide bonds. The molecule has 4 nitrogen and oxygen atoms in total. The van der Waals surface area contributed by atoms with Gasteiger partial charge in [-0.3, -0.25) is 9.48 Å². The number of rotatable bonds is 4. The topological polar surface area (TPSA) is 44.1 Å². The maximum absolute atomic E-state index is 11.1. The van der Waals surface area contributed by atoms with Crippen molar-refractivity contribution in [3.63, 3.8) is 0 Å². The van der Waals surface area contributed by atoms with Gasteiger partial charge in [-0.15, -0.1) is 0 Å². The van der Waals surface area contributed by atoms with Crippen molar-refractivity contribution in [2.45, 2.75) is 13.5 Å². The summed E-state index contributed by atoms with van der Waals surface area (Å²) in [5.74, 6) is -0.0846. The molecule has 1 heterocycles. The molecule has 1 aromatic heterocycles. The quantitative estimate of drug-likeness (QED) is 0.693. The molecule has 0 spiro atoms. The van der Waals surface area contributed by atoms with E-state index in [-0.39, 0.29) is 5.78 Å². The highest BCUT2D eigenvalue weighted by molar-refractivity contribution is 6.33. The number of hydrogen-bond donors (Lipinski definition) is 0. The minimum absolute atomic E-state index is 0.0846. The van der Waals surface area contributed by atoms with Gasteiger partial charge in [-0.2, -0.15) is 5.10 Å². The summed E-state index contributed by atoms with van der Waals surface area (Å²) in [5.41, 5.74) is 0.443. The number of carbonyl (C=O) groups excluding carboxylic acids is 1. The first-order chi connectivity index (χ1) is 6.16. The monoisotopic (exact) mass is 202 g/mol. The van der Waals surface area contributed by atoms with Crippen LogP contribution < -0.4 is 0 Å². The van der Waals surface area contributed by atoms with Crippen LogP contribution in [0.3, 0.4) is 0 Å². The second-order valence-corrected chi connectivity index (χ2v) is 3.02. The van der Waals surface area contributed by atoms with E-state index in [0.717, 1.165) is 0 Å². The molecule has 0 bridgehead atoms. The van der Waals surface area contributed by atoms with Crippen molar-refractivity contribution in [3.05, 3.63) is 16.9 Å². The van der Waals surface area contributed by atoms with Crippen molar-refractivity contribution in [2.75, 3.05) is 13.7 Å². The molecule has 0 radical (unpaired) electrons. The number of nitrogens with zero attached hydrogens (tertiary/aromatic N) is 2. The molecule has 1 rings (SSSR count). The molecule has 0 atom stereocenters. The third-order valence-corrected chi connectivity index (χ3v) is 1.91. The smallest absolute Gasteiger partial charge is 0.179 e. The minimum Gasteiger partial charge on any atom is -0.383 e. The van der Waals surface area contributed by atoms with E-state index in [4.69, 9.17) is 16.3 Å². The van der Waals surface area contributed by atoms with Gasteiger partial charge in [-0.05, 0) is 0 Å². The predicted octanol–water partition coefficient (Wildman–Crippen LogP) is 1.39. The van der Waals surface area contributed by atoms with Gasteiger partial charge in [-0.25, -0.2) is 0 Å². The fourth-order valence-corrected chi connectivity index (χ4v) is 1.33. The average molecular weight is 203 g/mol. The number of halogens is 1. The molecule has 13 heavy (non-hydrogen) atoms. The molecule has 0 aliphatic heterocycles. The fourth-order valence-electron chi connectivity index (χ4n) is 1.06. The van der Waals surface area contributed by atoms with Gasteiger partial charge >= 0.3 is 0 Å². The molecule has 0 aliphatic carbocycles. The Kier molecular flexibility index (Phi) is 3.45. The summed E-state index contributed by atoms with van der Waals surface area (Å²) in [4.78, 5) is 11.1. The van der Waals surface area contributed by atoms with E-state index in [1.165, 1.54) is 13.1 Å². The van der Waals surface area contributed by atoms with Gasteiger partial charge in [0.1, 0.15) is 5.69 Å². The molecule has 0 unspecified atom stereocenters. The van der Waals surface area contributed by atoms with Crippen LogP contribution in [0.4, 0.5) is 0 Å². The van der Waals surface area contributed by atoms with E-state index in [2.05, 4.69) is 5.10 Å². The van der Waals surface area contributed by atoms with Gasteiger partial charge in [0.25, 0.3) is 0 Å². The summed E-state index contributed by atoms with van der Waals surface area (Å²) in [5, 5.41) is 4.35. The Bertz CT molecular complexity index is 309. The van der Waals surface area contributed by atoms with Crippen LogP contribution in [0.1, 0.15) is 17.4 Å². The lowest BCUT2D eigenvalue weighted by molar-refractivity contribution is 0.0999. The van der Waals surface area contributed by atoms with Crippen LogP contribution in [0.25, 0.3) is 0 Å². The van der Waals surface area contributed by atoms with Crippen molar-refractivity contribution in [3.8, 4) is 0 Å². The van der Waals surface area contributed by atoms with Crippen LogP contribution >= 0.6 is 11.6 Å². The van der Waals surface area contributed by atoms with Gasteiger partial charge in [0.15, 0.2) is 5.78 Å². The predicted molar refractivity (Wildman–Crippen MR) is 49.1 cm³/mol. The number of Topliss-reactive ketones (excluding diaryl/α,β-unsaturated/α-hetero) is 1. The van der Waals surface area contributed by atoms with E-state index in [1.807, 2.05) is 0 Å². The number of methoxy groups -OCH3 is 1. The minimum atomic E-state index is -0.0846. The Balaban J connectivity index is 2.87. The van der Waals surface area contributed by atoms with E-state index >= 15 is 0 Å². The molecule has 0 saturated carbocycles. The SMILES string of the molecule is COCCn1ncc(Cl)c1C(C)=O. The lowest BCUT2D eigenvalue weighted by Crippen LogP contribution is -2.12. The van der Waals surface area contributed by atoms with Crippen molar-refractivity contribution in [1.82, 2.24) is 9.78 Å². The van der Waals surface area contributed by atoms with Crippen molar-refractivity contribution in [2.24, 2.45) is 0 Å². The maximum atomic E-state index is 11.1. The summed E-state index contributed by atoms with van der Waals surface area (Å²) >= 11 is 5.77. The van der Waals surface area contributed by atoms with E-state index in [0.29, 0.717) is 23.9 Å². The summed E-state index contributed by atoms with van der Waals surface area (Å²) < 4.78 is 6.42. The molecular weight excluding hydrogens is 192 g/mol. The second kappa shape index (κ2) is 4.39. The zero-order valence-electron chi connectivity index (χ0n) is 7.58. The Morgan fingerprint density at radius 3 is 3.00 bits per heavy atom. The molecule has 5 heteroatoms. The van der Waals surface area contributed by atoms with Gasteiger partial charge < -0.3 is 4.74 Å². The average Bonchev–Trinajstić information content (AvgIpc) is 2.43. The molecule has 0 N–H and O–H groups in total. The van der Waals surface area contributed by atoms with E-state index in [9.17, 15) is 4.79 Å². The molecular formula is C8H11ClN2O2. The highest BCUT2D eigenvalue weighted by Crippen LogP contribution is 2.15. The highest BCUT2D eigenvalue weighted by Gasteiger charge is 2.12. The number of hydrogen-bond acceptors (Lipinski definition) is 3. The summed E-state index contributed by atoms with van der Waals surface area (Å²) in [7, 11) is 1.60. The Hall–Kier alpha value is -0.870. The zero-order chi connectivity index (χ0) is 9.84. The van der Waals surface area contributed by atoms with Crippen LogP contribution in [-0.4, -0.2) is 29.3 Å². The van der Waals surface area contributed by atoms with Gasteiger partial charge in [0.2, 0.25) is 0 Å². The number of ketones is 1. The molecule has 1 aromatic rings. The van der Waals surface area contributed by atoms with Crippen LogP contribution in [0.15, 0.2) is 6.20 Å². The van der Waals surface area contributed by atoms with Gasteiger partial charge in [0.05, 0.1) is 24.4 Å². The first-order valence-corrected chi connectivity index (χ1v) is 4.25. The number of aromatic nitrogens is 2. The number of carbonyl (C=O) groups is 1. The van der Waals surface area contributed by atoms with Crippen molar-refractivity contribution < 1.29 is 9.53 Å². The van der Waals surface area contributed by atoms with Crippen LogP contribution in [0, 0.1) is 0 Å². The zero-order valence-corrected chi connectivity index (χ0v) is 8.34. The van der Waals surface area contributed by atoms with E-state index in [1.54, 1.807) is 11.8 Å². The molecule has 0 aliphatic rings. The molecule has 72 valence electrons. The molecule has 0 saturated heterocycles. The normalized spacial score (nSPS) is 10.4. The molecule has 0 aromatic carbocycles. The Labute approximate surface area is 81.4 Å². The third-order valence-electron chi connectivity index (χ3n) is 1.64. The van der Waals surface area contributed by atoms with Crippen LogP contribution in [-0.2, 0) is 11.3 Å². The largest absolute Gasteiger partial charge is 0.383 e. The van der Waals surface area contributed by atoms with Gasteiger partial charge in [0, 0.05) is 14.0 Å². The lowest BCUT2D eigenvalue weighted by Gasteiger charge is -2.03. The first-order valence-electron chi connectivity index (χ1n) is 3.88. The maximum Gasteiger partial charge on any atom is 0.179 e. The lowest BCUT2D eigenvalue weighted by atomic mass is 10.3. The fraction of sp³-hybridized carbons (Fsp3) is 0.500. The highest BCUT2D eigenvalue weighted by atomic mass is 35.5. The molecule has 0 fully saturated rings.